The molecule has 1 heterocycles. The third-order valence-electron chi connectivity index (χ3n) is 1.08. The predicted octanol–water partition coefficient (Wildman–Crippen LogP) is -0.0186. The largest absolute Gasteiger partial charge is 0.353 e. The van der Waals surface area contributed by atoms with Crippen LogP contribution in [-0.4, -0.2) is 40.0 Å². The summed E-state index contributed by atoms with van der Waals surface area (Å²) < 4.78 is 20.0. The lowest BCUT2D eigenvalue weighted by atomic mass is 10.7. The van der Waals surface area contributed by atoms with Crippen LogP contribution >= 0.6 is 0 Å². The molecule has 1 fully saturated rings. The van der Waals surface area contributed by atoms with Crippen molar-refractivity contribution >= 4 is 0 Å². The summed E-state index contributed by atoms with van der Waals surface area (Å²) in [6.07, 6.45) is 0. The summed E-state index contributed by atoms with van der Waals surface area (Å²) in [6.45, 7) is 2.97. The van der Waals surface area contributed by atoms with Gasteiger partial charge < -0.3 is 18.9 Å². The molecular formula is C6H12O4. The Morgan fingerprint density at radius 3 is 1.10 bits per heavy atom. The minimum absolute atomic E-state index is 0.340. The third kappa shape index (κ3) is 3.79. The van der Waals surface area contributed by atoms with Crippen LogP contribution in [0.4, 0.5) is 0 Å². The van der Waals surface area contributed by atoms with Crippen molar-refractivity contribution in [2.45, 2.75) is 0 Å². The van der Waals surface area contributed by atoms with Crippen molar-refractivity contribution in [3.8, 4) is 0 Å². The van der Waals surface area contributed by atoms with E-state index in [0.29, 0.717) is 40.0 Å². The van der Waals surface area contributed by atoms with Gasteiger partial charge in [-0.25, -0.2) is 0 Å². The van der Waals surface area contributed by atoms with Crippen LogP contribution in [0, 0.1) is 0 Å². The van der Waals surface area contributed by atoms with Crippen molar-refractivity contribution in [2.24, 2.45) is 0 Å². The molecule has 0 amide bonds. The molecule has 1 rings (SSSR count). The molecule has 1 saturated heterocycles. The Morgan fingerprint density at radius 2 is 0.800 bits per heavy atom. The van der Waals surface area contributed by atoms with Gasteiger partial charge in [0.25, 0.3) is 0 Å². The van der Waals surface area contributed by atoms with Crippen LogP contribution in [0.5, 0.6) is 0 Å². The van der Waals surface area contributed by atoms with Crippen molar-refractivity contribution in [3.63, 3.8) is 0 Å². The Bertz CT molecular complexity index is 42.9. The molecule has 0 unspecified atom stereocenters. The van der Waals surface area contributed by atoms with Crippen LogP contribution in [0.3, 0.4) is 0 Å². The Hall–Kier alpha value is -0.160. The van der Waals surface area contributed by atoms with Gasteiger partial charge in [-0.05, 0) is 0 Å². The lowest BCUT2D eigenvalue weighted by molar-refractivity contribution is -0.136. The van der Waals surface area contributed by atoms with Gasteiger partial charge in [-0.1, -0.05) is 0 Å². The van der Waals surface area contributed by atoms with E-state index in [-0.39, 0.29) is 0 Å². The van der Waals surface area contributed by atoms with E-state index in [9.17, 15) is 0 Å². The molecule has 0 aromatic carbocycles. The molecule has 10 heavy (non-hydrogen) atoms. The number of ether oxygens (including phenoxy) is 4. The fourth-order valence-electron chi connectivity index (χ4n) is 0.589. The maximum absolute atomic E-state index is 5.01. The number of hydrogen-bond acceptors (Lipinski definition) is 4. The average Bonchev–Trinajstić information content (AvgIpc) is 2.01. The second kappa shape index (κ2) is 5.61. The second-order valence-corrected chi connectivity index (χ2v) is 1.87. The molecular weight excluding hydrogens is 136 g/mol. The summed E-state index contributed by atoms with van der Waals surface area (Å²) in [5, 5.41) is 0. The fraction of sp³-hybridized carbons (Fsp3) is 1.00. The van der Waals surface area contributed by atoms with Gasteiger partial charge in [-0.2, -0.15) is 0 Å². The topological polar surface area (TPSA) is 36.9 Å². The standard InChI is InChI=1S/C6H12O4/c1-2-8-6-10-4-3-9-5-7-1/h1-6H2. The first-order chi connectivity index (χ1) is 5.00. The molecule has 0 aromatic heterocycles. The smallest absolute Gasteiger partial charge is 0.146 e. The Labute approximate surface area is 60.0 Å². The molecule has 0 bridgehead atoms. The zero-order valence-electron chi connectivity index (χ0n) is 5.88. The molecule has 0 radical (unpaired) electrons. The van der Waals surface area contributed by atoms with Crippen LogP contribution < -0.4 is 0 Å². The number of rotatable bonds is 0. The van der Waals surface area contributed by atoms with Crippen LogP contribution in [0.25, 0.3) is 0 Å². The van der Waals surface area contributed by atoms with Gasteiger partial charge in [-0.3, -0.25) is 0 Å². The summed E-state index contributed by atoms with van der Waals surface area (Å²) >= 11 is 0. The lowest BCUT2D eigenvalue weighted by Gasteiger charge is -2.10. The first-order valence-corrected chi connectivity index (χ1v) is 3.31. The molecule has 1 aliphatic rings. The normalized spacial score (nSPS) is 24.0. The quantitative estimate of drug-likeness (QED) is 0.484. The molecule has 0 spiro atoms. The van der Waals surface area contributed by atoms with Crippen molar-refractivity contribution < 1.29 is 18.9 Å². The Morgan fingerprint density at radius 1 is 0.500 bits per heavy atom. The SMILES string of the molecule is C1COCOCCOCO1. The van der Waals surface area contributed by atoms with Gasteiger partial charge in [0, 0.05) is 0 Å². The summed E-state index contributed by atoms with van der Waals surface area (Å²) in [6, 6.07) is 0. The molecule has 0 aromatic rings. The molecule has 0 aliphatic carbocycles. The van der Waals surface area contributed by atoms with Gasteiger partial charge in [0.15, 0.2) is 0 Å². The molecule has 0 atom stereocenters. The van der Waals surface area contributed by atoms with Gasteiger partial charge in [0.05, 0.1) is 26.4 Å². The van der Waals surface area contributed by atoms with Crippen molar-refractivity contribution in [3.05, 3.63) is 0 Å². The highest BCUT2D eigenvalue weighted by Crippen LogP contribution is 1.86. The van der Waals surface area contributed by atoms with Crippen molar-refractivity contribution in [1.29, 1.82) is 0 Å². The fourth-order valence-corrected chi connectivity index (χ4v) is 0.589. The highest BCUT2D eigenvalue weighted by atomic mass is 16.7. The van der Waals surface area contributed by atoms with Crippen LogP contribution in [0.15, 0.2) is 0 Å². The Kier molecular flexibility index (Phi) is 4.46. The minimum atomic E-state index is 0.340. The second-order valence-electron chi connectivity index (χ2n) is 1.87. The van der Waals surface area contributed by atoms with Crippen LogP contribution in [0.1, 0.15) is 0 Å². The monoisotopic (exact) mass is 148 g/mol. The highest BCUT2D eigenvalue weighted by Gasteiger charge is 1.94. The third-order valence-corrected chi connectivity index (χ3v) is 1.08. The van der Waals surface area contributed by atoms with Crippen LogP contribution in [0.2, 0.25) is 0 Å². The van der Waals surface area contributed by atoms with Crippen molar-refractivity contribution in [1.82, 2.24) is 0 Å². The maximum Gasteiger partial charge on any atom is 0.146 e. The van der Waals surface area contributed by atoms with E-state index in [1.165, 1.54) is 0 Å². The highest BCUT2D eigenvalue weighted by molar-refractivity contribution is 4.29. The van der Waals surface area contributed by atoms with E-state index in [1.54, 1.807) is 0 Å². The van der Waals surface area contributed by atoms with E-state index in [2.05, 4.69) is 0 Å². The zero-order valence-corrected chi connectivity index (χ0v) is 5.88. The molecule has 0 N–H and O–H groups in total. The summed E-state index contributed by atoms with van der Waals surface area (Å²) in [5.74, 6) is 0. The first-order valence-electron chi connectivity index (χ1n) is 3.31. The zero-order chi connectivity index (χ0) is 7.07. The summed E-state index contributed by atoms with van der Waals surface area (Å²) in [7, 11) is 0. The summed E-state index contributed by atoms with van der Waals surface area (Å²) in [4.78, 5) is 0. The molecule has 4 nitrogen and oxygen atoms in total. The average molecular weight is 148 g/mol. The molecule has 60 valence electrons. The van der Waals surface area contributed by atoms with Crippen LogP contribution in [-0.2, 0) is 18.9 Å². The number of hydrogen-bond donors (Lipinski definition) is 0. The van der Waals surface area contributed by atoms with Crippen molar-refractivity contribution in [2.75, 3.05) is 40.0 Å². The molecule has 4 heteroatoms. The minimum Gasteiger partial charge on any atom is -0.353 e. The van der Waals surface area contributed by atoms with E-state index in [0.717, 1.165) is 0 Å². The first kappa shape index (κ1) is 7.94. The Balaban J connectivity index is 2.00. The molecule has 0 saturated carbocycles. The van der Waals surface area contributed by atoms with Gasteiger partial charge in [0.2, 0.25) is 0 Å². The van der Waals surface area contributed by atoms with E-state index in [4.69, 9.17) is 18.9 Å². The van der Waals surface area contributed by atoms with E-state index >= 15 is 0 Å². The maximum atomic E-state index is 5.01. The van der Waals surface area contributed by atoms with Gasteiger partial charge in [-0.15, -0.1) is 0 Å². The predicted molar refractivity (Wildman–Crippen MR) is 33.5 cm³/mol. The summed E-state index contributed by atoms with van der Waals surface area (Å²) in [5.41, 5.74) is 0. The van der Waals surface area contributed by atoms with Gasteiger partial charge in [0.1, 0.15) is 13.6 Å². The van der Waals surface area contributed by atoms with E-state index < -0.39 is 0 Å². The van der Waals surface area contributed by atoms with Gasteiger partial charge >= 0.3 is 0 Å². The lowest BCUT2D eigenvalue weighted by Crippen LogP contribution is -2.15. The molecule has 1 aliphatic heterocycles. The van der Waals surface area contributed by atoms with E-state index in [1.807, 2.05) is 0 Å².